The molecule has 0 unspecified atom stereocenters. The molecule has 0 bridgehead atoms. The molecule has 23 heavy (non-hydrogen) atoms. The molecule has 0 saturated heterocycles. The number of aryl methyl sites for hydroxylation is 2. The third kappa shape index (κ3) is 2.95. The predicted octanol–water partition coefficient (Wildman–Crippen LogP) is 3.40. The van der Waals surface area contributed by atoms with E-state index < -0.39 is 5.82 Å². The number of benzene rings is 1. The summed E-state index contributed by atoms with van der Waals surface area (Å²) in [6.07, 6.45) is 1.38. The van der Waals surface area contributed by atoms with E-state index >= 15 is 0 Å². The maximum atomic E-state index is 13.2. The van der Waals surface area contributed by atoms with E-state index in [-0.39, 0.29) is 5.02 Å². The first-order chi connectivity index (χ1) is 11.0. The lowest BCUT2D eigenvalue weighted by molar-refractivity contribution is 0.628. The molecule has 0 aliphatic carbocycles. The van der Waals surface area contributed by atoms with Gasteiger partial charge in [-0.05, 0) is 38.1 Å². The van der Waals surface area contributed by atoms with Crippen LogP contribution < -0.4 is 11.1 Å². The summed E-state index contributed by atoms with van der Waals surface area (Å²) in [6, 6.07) is 6.20. The van der Waals surface area contributed by atoms with Gasteiger partial charge in [-0.2, -0.15) is 5.10 Å². The fourth-order valence-electron chi connectivity index (χ4n) is 2.21. The molecule has 0 amide bonds. The fourth-order valence-corrected chi connectivity index (χ4v) is 2.39. The molecule has 2 aromatic heterocycles. The molecule has 118 valence electrons. The van der Waals surface area contributed by atoms with Crippen LogP contribution in [0.25, 0.3) is 5.82 Å². The maximum absolute atomic E-state index is 13.2. The highest BCUT2D eigenvalue weighted by molar-refractivity contribution is 6.31. The highest BCUT2D eigenvalue weighted by atomic mass is 35.5. The Balaban J connectivity index is 1.99. The van der Waals surface area contributed by atoms with Gasteiger partial charge in [-0.3, -0.25) is 0 Å². The van der Waals surface area contributed by atoms with E-state index in [9.17, 15) is 4.39 Å². The van der Waals surface area contributed by atoms with E-state index in [0.717, 1.165) is 11.4 Å². The predicted molar refractivity (Wildman–Crippen MR) is 87.7 cm³/mol. The largest absolute Gasteiger partial charge is 0.393 e. The van der Waals surface area contributed by atoms with Crippen LogP contribution in [0, 0.1) is 19.7 Å². The topological polar surface area (TPSA) is 81.7 Å². The van der Waals surface area contributed by atoms with E-state index in [4.69, 9.17) is 17.3 Å². The number of nitrogens with one attached hydrogen (secondary N) is 1. The number of aromatic nitrogens is 4. The van der Waals surface area contributed by atoms with Crippen molar-refractivity contribution in [2.75, 3.05) is 11.1 Å². The summed E-state index contributed by atoms with van der Waals surface area (Å²) in [5.74, 6) is 0.378. The van der Waals surface area contributed by atoms with Crippen molar-refractivity contribution in [3.63, 3.8) is 0 Å². The normalized spacial score (nSPS) is 10.8. The molecule has 0 saturated carbocycles. The summed E-state index contributed by atoms with van der Waals surface area (Å²) in [4.78, 5) is 8.32. The first kappa shape index (κ1) is 15.2. The Kier molecular flexibility index (Phi) is 3.87. The molecule has 0 aliphatic heterocycles. The molecule has 3 aromatic rings. The van der Waals surface area contributed by atoms with Crippen molar-refractivity contribution in [1.29, 1.82) is 0 Å². The summed E-state index contributed by atoms with van der Waals surface area (Å²) in [5, 5.41) is 7.39. The van der Waals surface area contributed by atoms with Gasteiger partial charge in [0.1, 0.15) is 17.8 Å². The number of rotatable bonds is 3. The van der Waals surface area contributed by atoms with Gasteiger partial charge >= 0.3 is 0 Å². The molecule has 3 N–H and O–H groups in total. The lowest BCUT2D eigenvalue weighted by atomic mass is 10.3. The summed E-state index contributed by atoms with van der Waals surface area (Å²) in [5.41, 5.74) is 8.82. The number of hydrogen-bond acceptors (Lipinski definition) is 5. The van der Waals surface area contributed by atoms with Crippen LogP contribution in [0.2, 0.25) is 5.02 Å². The summed E-state index contributed by atoms with van der Waals surface area (Å²) >= 11 is 5.78. The van der Waals surface area contributed by atoms with Crippen LogP contribution in [-0.2, 0) is 0 Å². The minimum atomic E-state index is -0.490. The summed E-state index contributed by atoms with van der Waals surface area (Å²) in [7, 11) is 0. The zero-order valence-corrected chi connectivity index (χ0v) is 13.3. The molecule has 0 atom stereocenters. The van der Waals surface area contributed by atoms with E-state index in [2.05, 4.69) is 20.4 Å². The monoisotopic (exact) mass is 332 g/mol. The number of anilines is 3. The Morgan fingerprint density at radius 2 is 2.00 bits per heavy atom. The van der Waals surface area contributed by atoms with Gasteiger partial charge in [0.15, 0.2) is 11.6 Å². The third-order valence-corrected chi connectivity index (χ3v) is 3.55. The molecule has 0 fully saturated rings. The third-order valence-electron chi connectivity index (χ3n) is 3.26. The average Bonchev–Trinajstić information content (AvgIpc) is 2.84. The molecule has 3 rings (SSSR count). The summed E-state index contributed by atoms with van der Waals surface area (Å²) in [6.45, 7) is 3.80. The lowest BCUT2D eigenvalue weighted by Crippen LogP contribution is -2.09. The second-order valence-electron chi connectivity index (χ2n) is 5.05. The van der Waals surface area contributed by atoms with E-state index in [0.29, 0.717) is 23.0 Å². The Morgan fingerprint density at radius 1 is 1.22 bits per heavy atom. The van der Waals surface area contributed by atoms with Crippen LogP contribution >= 0.6 is 11.6 Å². The molecule has 0 spiro atoms. The van der Waals surface area contributed by atoms with Gasteiger partial charge in [0, 0.05) is 11.4 Å². The van der Waals surface area contributed by atoms with Crippen LogP contribution in [0.3, 0.4) is 0 Å². The van der Waals surface area contributed by atoms with Crippen LogP contribution in [0.1, 0.15) is 11.4 Å². The average molecular weight is 333 g/mol. The number of hydrogen-bond donors (Lipinski definition) is 2. The van der Waals surface area contributed by atoms with Crippen molar-refractivity contribution in [3.8, 4) is 5.82 Å². The maximum Gasteiger partial charge on any atom is 0.182 e. The SMILES string of the molecule is Cc1cc(C)n(-c2ncnc(Nc3ccc(F)c(Cl)c3)c2N)n1. The first-order valence-corrected chi connectivity index (χ1v) is 7.19. The van der Waals surface area contributed by atoms with Gasteiger partial charge in [-0.1, -0.05) is 11.6 Å². The molecule has 6 nitrogen and oxygen atoms in total. The van der Waals surface area contributed by atoms with Gasteiger partial charge < -0.3 is 11.1 Å². The lowest BCUT2D eigenvalue weighted by Gasteiger charge is -2.12. The van der Waals surface area contributed by atoms with Gasteiger partial charge in [-0.15, -0.1) is 0 Å². The Bertz CT molecular complexity index is 876. The molecule has 0 aliphatic rings. The molecule has 2 heterocycles. The van der Waals surface area contributed by atoms with Gasteiger partial charge in [0.2, 0.25) is 0 Å². The van der Waals surface area contributed by atoms with Crippen LogP contribution in [0.4, 0.5) is 21.6 Å². The van der Waals surface area contributed by atoms with Crippen molar-refractivity contribution >= 4 is 28.8 Å². The zero-order chi connectivity index (χ0) is 16.6. The van der Waals surface area contributed by atoms with Crippen molar-refractivity contribution in [3.05, 3.63) is 52.8 Å². The minimum Gasteiger partial charge on any atom is -0.393 e. The second kappa shape index (κ2) is 5.85. The van der Waals surface area contributed by atoms with Crippen LogP contribution in [0.15, 0.2) is 30.6 Å². The Hall–Kier alpha value is -2.67. The van der Waals surface area contributed by atoms with Gasteiger partial charge in [0.25, 0.3) is 0 Å². The van der Waals surface area contributed by atoms with E-state index in [1.807, 2.05) is 19.9 Å². The molecule has 1 aromatic carbocycles. The van der Waals surface area contributed by atoms with Crippen molar-refractivity contribution < 1.29 is 4.39 Å². The molecular weight excluding hydrogens is 319 g/mol. The van der Waals surface area contributed by atoms with E-state index in [1.54, 1.807) is 10.7 Å². The summed E-state index contributed by atoms with van der Waals surface area (Å²) < 4.78 is 14.9. The van der Waals surface area contributed by atoms with Crippen LogP contribution in [0.5, 0.6) is 0 Å². The molecule has 0 radical (unpaired) electrons. The highest BCUT2D eigenvalue weighted by Gasteiger charge is 2.13. The van der Waals surface area contributed by atoms with Crippen LogP contribution in [-0.4, -0.2) is 19.7 Å². The first-order valence-electron chi connectivity index (χ1n) is 6.82. The fraction of sp³-hybridized carbons (Fsp3) is 0.133. The number of nitrogens with zero attached hydrogens (tertiary/aromatic N) is 4. The number of halogens is 2. The quantitative estimate of drug-likeness (QED) is 0.768. The Labute approximate surface area is 137 Å². The standard InChI is InChI=1S/C15H14ClFN6/c1-8-5-9(2)23(22-8)15-13(18)14(19-7-20-15)21-10-3-4-12(17)11(16)6-10/h3-7H,18H2,1-2H3,(H,19,20,21). The number of nitrogens with two attached hydrogens (primary N) is 1. The van der Waals surface area contributed by atoms with Crippen molar-refractivity contribution in [1.82, 2.24) is 19.7 Å². The van der Waals surface area contributed by atoms with Crippen molar-refractivity contribution in [2.45, 2.75) is 13.8 Å². The van der Waals surface area contributed by atoms with E-state index in [1.165, 1.54) is 18.5 Å². The van der Waals surface area contributed by atoms with Gasteiger partial charge in [0.05, 0.1) is 10.7 Å². The highest BCUT2D eigenvalue weighted by Crippen LogP contribution is 2.27. The van der Waals surface area contributed by atoms with Gasteiger partial charge in [-0.25, -0.2) is 19.0 Å². The molecular formula is C15H14ClFN6. The van der Waals surface area contributed by atoms with Crippen molar-refractivity contribution in [2.24, 2.45) is 0 Å². The number of nitrogen functional groups attached to an aromatic ring is 1. The zero-order valence-electron chi connectivity index (χ0n) is 12.5. The Morgan fingerprint density at radius 3 is 2.65 bits per heavy atom. The second-order valence-corrected chi connectivity index (χ2v) is 5.46. The minimum absolute atomic E-state index is 0.0152. The smallest absolute Gasteiger partial charge is 0.182 e. The molecule has 8 heteroatoms.